The molecule has 2 amide bonds. The van der Waals surface area contributed by atoms with Crippen LogP contribution in [0.5, 0.6) is 11.6 Å². The normalized spacial score (nSPS) is 23.3. The molecule has 0 radical (unpaired) electrons. The van der Waals surface area contributed by atoms with Gasteiger partial charge < -0.3 is 19.1 Å². The van der Waals surface area contributed by atoms with Gasteiger partial charge in [0.2, 0.25) is 27.7 Å². The number of ketones is 2. The van der Waals surface area contributed by atoms with Gasteiger partial charge in [0, 0.05) is 36.8 Å². The summed E-state index contributed by atoms with van der Waals surface area (Å²) in [5, 5.41) is 0.853. The molecule has 3 aliphatic rings. The van der Waals surface area contributed by atoms with E-state index in [1.165, 1.54) is 4.90 Å². The van der Waals surface area contributed by atoms with Crippen LogP contribution in [0.1, 0.15) is 86.0 Å². The highest BCUT2D eigenvalue weighted by Crippen LogP contribution is 2.57. The number of Topliss-reactive ketones (excluding diaryl/α,β-unsaturated/α-hetero) is 2. The first-order chi connectivity index (χ1) is 25.4. The summed E-state index contributed by atoms with van der Waals surface area (Å²) in [6.45, 7) is 12.3. The van der Waals surface area contributed by atoms with Crippen molar-refractivity contribution in [2.45, 2.75) is 109 Å². The smallest absolute Gasteiger partial charge is 0.307 e. The molecule has 5 rings (SSSR count). The minimum absolute atomic E-state index is 0.00902. The minimum Gasteiger partial charge on any atom is -0.497 e. The van der Waals surface area contributed by atoms with Crippen molar-refractivity contribution in [2.24, 2.45) is 17.3 Å². The van der Waals surface area contributed by atoms with Crippen molar-refractivity contribution in [1.29, 1.82) is 0 Å². The third-order valence-electron chi connectivity index (χ3n) is 10.5. The van der Waals surface area contributed by atoms with E-state index in [0.717, 1.165) is 5.39 Å². The summed E-state index contributed by atoms with van der Waals surface area (Å²) in [6, 6.07) is 6.13. The van der Waals surface area contributed by atoms with Crippen LogP contribution in [0.4, 0.5) is 0 Å². The Hall–Kier alpha value is -4.59. The number of benzene rings is 1. The predicted octanol–water partition coefficient (Wildman–Crippen LogP) is 5.02. The number of methoxy groups -OCH3 is 1. The third-order valence-corrected chi connectivity index (χ3v) is 12.3. The SMILES string of the molecule is C=C[C@@H]1C[C@]1(CC(=O)[C@@H]1C[C@@H](Oc2nccc3cc(OC)ccc23)CN1C(=O)[C@H](CCC(=O)/C(C)=C/C)CC(=O)OC(C)(C)C)C(=O)NS(=O)(=O)C1CC1. The standard InChI is InChI=1S/C40H51N3O10S/c1-8-24(3)33(44)15-10-26(19-35(46)53-39(4,5)6)37(47)43-23-29(52-36-31-14-11-28(51-7)18-25(31)16-17-41-36)20-32(43)34(45)22-40(21-27(40)9-2)38(48)42-54(49,50)30-12-13-30/h8-9,11,14,16-18,26-27,29-30,32H,2,10,12-13,15,19-23H2,1,3-7H3,(H,42,48)/b24-8+/t26-,27-,29-,32+,40-/m1/s1. The van der Waals surface area contributed by atoms with Gasteiger partial charge in [-0.2, -0.15) is 0 Å². The molecule has 5 atom stereocenters. The van der Waals surface area contributed by atoms with Crippen molar-refractivity contribution < 1.29 is 46.6 Å². The lowest BCUT2D eigenvalue weighted by Crippen LogP contribution is -2.46. The van der Waals surface area contributed by atoms with Crippen molar-refractivity contribution in [3.8, 4) is 11.6 Å². The number of amides is 2. The maximum atomic E-state index is 14.6. The van der Waals surface area contributed by atoms with Gasteiger partial charge in [-0.1, -0.05) is 12.2 Å². The molecule has 2 heterocycles. The molecule has 0 bridgehead atoms. The first kappa shape index (κ1) is 40.6. The summed E-state index contributed by atoms with van der Waals surface area (Å²) in [6.07, 6.45) is 4.65. The van der Waals surface area contributed by atoms with Crippen molar-refractivity contribution >= 4 is 50.1 Å². The predicted molar refractivity (Wildman–Crippen MR) is 201 cm³/mol. The number of rotatable bonds is 17. The lowest BCUT2D eigenvalue weighted by Gasteiger charge is -2.29. The zero-order valence-corrected chi connectivity index (χ0v) is 32.7. The molecule has 1 aromatic heterocycles. The van der Waals surface area contributed by atoms with Gasteiger partial charge >= 0.3 is 5.97 Å². The topological polar surface area (TPSA) is 175 Å². The van der Waals surface area contributed by atoms with E-state index in [1.54, 1.807) is 78.3 Å². The fourth-order valence-electron chi connectivity index (χ4n) is 7.04. The number of likely N-dealkylation sites (tertiary alicyclic amines) is 1. The van der Waals surface area contributed by atoms with E-state index < -0.39 is 73.8 Å². The first-order valence-electron chi connectivity index (χ1n) is 18.4. The molecule has 2 saturated carbocycles. The molecule has 14 heteroatoms. The zero-order valence-electron chi connectivity index (χ0n) is 31.9. The Kier molecular flexibility index (Phi) is 12.0. The lowest BCUT2D eigenvalue weighted by molar-refractivity contribution is -0.159. The number of hydrogen-bond acceptors (Lipinski definition) is 11. The Morgan fingerprint density at radius 2 is 1.87 bits per heavy atom. The largest absolute Gasteiger partial charge is 0.497 e. The molecule has 1 aromatic carbocycles. The molecule has 0 unspecified atom stereocenters. The average molecular weight is 766 g/mol. The second-order valence-electron chi connectivity index (χ2n) is 15.6. The van der Waals surface area contributed by atoms with Crippen LogP contribution in [-0.2, 0) is 38.7 Å². The molecule has 3 fully saturated rings. The molecule has 2 aliphatic carbocycles. The van der Waals surface area contributed by atoms with Crippen molar-refractivity contribution in [3.05, 3.63) is 54.8 Å². The number of fused-ring (bicyclic) bond motifs is 1. The molecule has 292 valence electrons. The average Bonchev–Trinajstić information content (AvgIpc) is 4.05. The second-order valence-corrected chi connectivity index (χ2v) is 17.6. The maximum absolute atomic E-state index is 14.6. The van der Waals surface area contributed by atoms with Crippen LogP contribution in [-0.4, -0.2) is 84.3 Å². The van der Waals surface area contributed by atoms with Gasteiger partial charge in [-0.05, 0) is 101 Å². The Labute approximate surface area is 316 Å². The van der Waals surface area contributed by atoms with Crippen LogP contribution in [0.15, 0.2) is 54.8 Å². The van der Waals surface area contributed by atoms with Crippen LogP contribution in [0, 0.1) is 17.3 Å². The molecule has 1 saturated heterocycles. The monoisotopic (exact) mass is 765 g/mol. The van der Waals surface area contributed by atoms with E-state index in [2.05, 4.69) is 16.3 Å². The summed E-state index contributed by atoms with van der Waals surface area (Å²) >= 11 is 0. The Morgan fingerprint density at radius 3 is 2.48 bits per heavy atom. The van der Waals surface area contributed by atoms with Gasteiger partial charge in [0.25, 0.3) is 0 Å². The Bertz CT molecular complexity index is 1960. The van der Waals surface area contributed by atoms with E-state index in [-0.39, 0.29) is 56.7 Å². The first-order valence-corrected chi connectivity index (χ1v) is 19.9. The number of nitrogens with one attached hydrogen (secondary N) is 1. The van der Waals surface area contributed by atoms with Gasteiger partial charge in [0.15, 0.2) is 11.6 Å². The number of carbonyl (C=O) groups excluding carboxylic acids is 5. The summed E-state index contributed by atoms with van der Waals surface area (Å²) in [7, 11) is -2.32. The number of allylic oxidation sites excluding steroid dienone is 3. The van der Waals surface area contributed by atoms with Crippen molar-refractivity contribution in [2.75, 3.05) is 13.7 Å². The van der Waals surface area contributed by atoms with Gasteiger partial charge in [-0.15, -0.1) is 6.58 Å². The maximum Gasteiger partial charge on any atom is 0.307 e. The highest BCUT2D eigenvalue weighted by atomic mass is 32.2. The van der Waals surface area contributed by atoms with E-state index in [9.17, 15) is 32.4 Å². The number of nitrogens with zero attached hydrogens (tertiary/aromatic N) is 2. The molecule has 54 heavy (non-hydrogen) atoms. The number of ether oxygens (including phenoxy) is 3. The van der Waals surface area contributed by atoms with Gasteiger partial charge in [0.1, 0.15) is 17.5 Å². The second kappa shape index (κ2) is 16.0. The number of sulfonamides is 1. The van der Waals surface area contributed by atoms with Crippen LogP contribution in [0.25, 0.3) is 10.8 Å². The van der Waals surface area contributed by atoms with Crippen molar-refractivity contribution in [1.82, 2.24) is 14.6 Å². The number of esters is 1. The third kappa shape index (κ3) is 9.37. The number of aromatic nitrogens is 1. The van der Waals surface area contributed by atoms with Crippen LogP contribution in [0.2, 0.25) is 0 Å². The molecule has 0 spiro atoms. The quantitative estimate of drug-likeness (QED) is 0.130. The number of carbonyl (C=O) groups is 5. The van der Waals surface area contributed by atoms with Crippen LogP contribution in [0.3, 0.4) is 0 Å². The fourth-order valence-corrected chi connectivity index (χ4v) is 8.43. The zero-order chi connectivity index (χ0) is 39.6. The molecule has 1 N–H and O–H groups in total. The van der Waals surface area contributed by atoms with Gasteiger partial charge in [-0.25, -0.2) is 13.4 Å². The highest BCUT2D eigenvalue weighted by molar-refractivity contribution is 7.90. The van der Waals surface area contributed by atoms with Crippen LogP contribution < -0.4 is 14.2 Å². The summed E-state index contributed by atoms with van der Waals surface area (Å²) < 4.78 is 45.0. The van der Waals surface area contributed by atoms with Gasteiger partial charge in [0.05, 0.1) is 36.8 Å². The summed E-state index contributed by atoms with van der Waals surface area (Å²) in [4.78, 5) is 74.3. The van der Waals surface area contributed by atoms with E-state index in [1.807, 2.05) is 6.07 Å². The Balaban J connectivity index is 1.45. The molecule has 2 aromatic rings. The molecular weight excluding hydrogens is 715 g/mol. The lowest BCUT2D eigenvalue weighted by atomic mass is 9.90. The minimum atomic E-state index is -3.88. The van der Waals surface area contributed by atoms with Crippen molar-refractivity contribution in [3.63, 3.8) is 0 Å². The van der Waals surface area contributed by atoms with E-state index >= 15 is 0 Å². The van der Waals surface area contributed by atoms with E-state index in [4.69, 9.17) is 14.2 Å². The fraction of sp³-hybridized carbons (Fsp3) is 0.550. The highest BCUT2D eigenvalue weighted by Gasteiger charge is 2.61. The van der Waals surface area contributed by atoms with Gasteiger partial charge in [-0.3, -0.25) is 28.7 Å². The molecular formula is C40H51N3O10S. The number of hydrogen-bond donors (Lipinski definition) is 1. The Morgan fingerprint density at radius 1 is 1.15 bits per heavy atom. The summed E-state index contributed by atoms with van der Waals surface area (Å²) in [5.74, 6) is -3.06. The van der Waals surface area contributed by atoms with E-state index in [0.29, 0.717) is 29.6 Å². The summed E-state index contributed by atoms with van der Waals surface area (Å²) in [5.41, 5.74) is -1.64. The molecule has 13 nitrogen and oxygen atoms in total. The molecule has 1 aliphatic heterocycles. The number of pyridine rings is 1. The van der Waals surface area contributed by atoms with Crippen LogP contribution >= 0.6 is 0 Å².